The maximum atomic E-state index is 13.1. The van der Waals surface area contributed by atoms with E-state index in [1.165, 1.54) is 0 Å². The first kappa shape index (κ1) is 10.4. The normalized spacial score (nSPS) is 20.9. The SMILES string of the molecule is COCc1cccnc1N1CC[C@@H](F)C1. The van der Waals surface area contributed by atoms with E-state index >= 15 is 0 Å². The number of halogens is 1. The minimum absolute atomic E-state index is 0.452. The van der Waals surface area contributed by atoms with Gasteiger partial charge in [-0.15, -0.1) is 0 Å². The number of anilines is 1. The Labute approximate surface area is 88.9 Å². The Morgan fingerprint density at radius 1 is 1.67 bits per heavy atom. The lowest BCUT2D eigenvalue weighted by atomic mass is 10.2. The molecule has 1 aromatic rings. The van der Waals surface area contributed by atoms with Crippen LogP contribution in [-0.2, 0) is 11.3 Å². The highest BCUT2D eigenvalue weighted by atomic mass is 19.1. The van der Waals surface area contributed by atoms with E-state index in [0.29, 0.717) is 19.6 Å². The molecular weight excluding hydrogens is 195 g/mol. The van der Waals surface area contributed by atoms with E-state index in [0.717, 1.165) is 17.9 Å². The summed E-state index contributed by atoms with van der Waals surface area (Å²) in [6, 6.07) is 3.85. The van der Waals surface area contributed by atoms with Crippen molar-refractivity contribution < 1.29 is 9.13 Å². The number of ether oxygens (including phenoxy) is 1. The number of rotatable bonds is 3. The first-order chi connectivity index (χ1) is 7.31. The molecule has 0 amide bonds. The summed E-state index contributed by atoms with van der Waals surface area (Å²) < 4.78 is 18.2. The molecule has 2 heterocycles. The Morgan fingerprint density at radius 2 is 2.53 bits per heavy atom. The monoisotopic (exact) mass is 210 g/mol. The third-order valence-electron chi connectivity index (χ3n) is 2.60. The fourth-order valence-corrected chi connectivity index (χ4v) is 1.89. The minimum Gasteiger partial charge on any atom is -0.380 e. The number of pyridine rings is 1. The zero-order valence-electron chi connectivity index (χ0n) is 8.82. The van der Waals surface area contributed by atoms with Crippen molar-refractivity contribution in [2.24, 2.45) is 0 Å². The fraction of sp³-hybridized carbons (Fsp3) is 0.545. The van der Waals surface area contributed by atoms with E-state index in [-0.39, 0.29) is 0 Å². The predicted molar refractivity (Wildman–Crippen MR) is 56.7 cm³/mol. The number of methoxy groups -OCH3 is 1. The van der Waals surface area contributed by atoms with Crippen LogP contribution >= 0.6 is 0 Å². The summed E-state index contributed by atoms with van der Waals surface area (Å²) in [6.07, 6.45) is 1.62. The molecule has 15 heavy (non-hydrogen) atoms. The Bertz CT molecular complexity index is 332. The van der Waals surface area contributed by atoms with Crippen LogP contribution in [0.2, 0.25) is 0 Å². The van der Waals surface area contributed by atoms with Gasteiger partial charge in [-0.2, -0.15) is 0 Å². The number of hydrogen-bond donors (Lipinski definition) is 0. The maximum absolute atomic E-state index is 13.1. The van der Waals surface area contributed by atoms with E-state index in [9.17, 15) is 4.39 Å². The van der Waals surface area contributed by atoms with Crippen LogP contribution < -0.4 is 4.90 Å². The third-order valence-corrected chi connectivity index (χ3v) is 2.60. The van der Waals surface area contributed by atoms with Crippen LogP contribution in [0.1, 0.15) is 12.0 Å². The van der Waals surface area contributed by atoms with Crippen molar-refractivity contribution in [1.82, 2.24) is 4.98 Å². The van der Waals surface area contributed by atoms with Crippen LogP contribution in [0.15, 0.2) is 18.3 Å². The number of aromatic nitrogens is 1. The molecule has 0 spiro atoms. The average Bonchev–Trinajstić information content (AvgIpc) is 2.66. The fourth-order valence-electron chi connectivity index (χ4n) is 1.89. The predicted octanol–water partition coefficient (Wildman–Crippen LogP) is 1.78. The first-order valence-corrected chi connectivity index (χ1v) is 5.13. The number of hydrogen-bond acceptors (Lipinski definition) is 3. The molecule has 0 N–H and O–H groups in total. The van der Waals surface area contributed by atoms with Gasteiger partial charge in [0.15, 0.2) is 0 Å². The van der Waals surface area contributed by atoms with Gasteiger partial charge in [0, 0.05) is 25.4 Å². The third kappa shape index (κ3) is 2.26. The van der Waals surface area contributed by atoms with Gasteiger partial charge in [0.1, 0.15) is 12.0 Å². The van der Waals surface area contributed by atoms with Gasteiger partial charge in [0.25, 0.3) is 0 Å². The van der Waals surface area contributed by atoms with Crippen molar-refractivity contribution in [1.29, 1.82) is 0 Å². The molecule has 1 saturated heterocycles. The standard InChI is InChI=1S/C11H15FN2O/c1-15-8-9-3-2-5-13-11(9)14-6-4-10(12)7-14/h2-3,5,10H,4,6-8H2,1H3/t10-/m1/s1. The maximum Gasteiger partial charge on any atom is 0.134 e. The van der Waals surface area contributed by atoms with Crippen LogP contribution in [-0.4, -0.2) is 31.4 Å². The highest BCUT2D eigenvalue weighted by Gasteiger charge is 2.24. The van der Waals surface area contributed by atoms with Gasteiger partial charge in [0.05, 0.1) is 13.2 Å². The Balaban J connectivity index is 2.19. The largest absolute Gasteiger partial charge is 0.380 e. The molecule has 1 aromatic heterocycles. The molecular formula is C11H15FN2O. The second-order valence-corrected chi connectivity index (χ2v) is 3.75. The second kappa shape index (κ2) is 4.57. The Kier molecular flexibility index (Phi) is 3.16. The van der Waals surface area contributed by atoms with Crippen molar-refractivity contribution in [3.8, 4) is 0 Å². The van der Waals surface area contributed by atoms with Crippen molar-refractivity contribution in [2.75, 3.05) is 25.1 Å². The lowest BCUT2D eigenvalue weighted by Gasteiger charge is -2.19. The summed E-state index contributed by atoms with van der Waals surface area (Å²) >= 11 is 0. The molecule has 0 unspecified atom stereocenters. The van der Waals surface area contributed by atoms with Crippen LogP contribution in [0.3, 0.4) is 0 Å². The van der Waals surface area contributed by atoms with E-state index in [1.54, 1.807) is 13.3 Å². The molecule has 1 aliphatic heterocycles. The van der Waals surface area contributed by atoms with Gasteiger partial charge in [-0.25, -0.2) is 9.37 Å². The van der Waals surface area contributed by atoms with Crippen molar-refractivity contribution in [3.05, 3.63) is 23.9 Å². The van der Waals surface area contributed by atoms with E-state index in [1.807, 2.05) is 17.0 Å². The van der Waals surface area contributed by atoms with Gasteiger partial charge >= 0.3 is 0 Å². The molecule has 1 fully saturated rings. The zero-order valence-corrected chi connectivity index (χ0v) is 8.82. The quantitative estimate of drug-likeness (QED) is 0.760. The van der Waals surface area contributed by atoms with E-state index < -0.39 is 6.17 Å². The minimum atomic E-state index is -0.720. The van der Waals surface area contributed by atoms with Crippen LogP contribution in [0.4, 0.5) is 10.2 Å². The summed E-state index contributed by atoms with van der Waals surface area (Å²) in [6.45, 7) is 1.72. The molecule has 82 valence electrons. The zero-order chi connectivity index (χ0) is 10.7. The second-order valence-electron chi connectivity index (χ2n) is 3.75. The summed E-state index contributed by atoms with van der Waals surface area (Å²) in [5.74, 6) is 0.861. The molecule has 0 aromatic carbocycles. The van der Waals surface area contributed by atoms with Gasteiger partial charge in [-0.3, -0.25) is 0 Å². The van der Waals surface area contributed by atoms with Crippen molar-refractivity contribution in [3.63, 3.8) is 0 Å². The number of nitrogens with zero attached hydrogens (tertiary/aromatic N) is 2. The van der Waals surface area contributed by atoms with Crippen LogP contribution in [0, 0.1) is 0 Å². The van der Waals surface area contributed by atoms with Gasteiger partial charge < -0.3 is 9.64 Å². The summed E-state index contributed by atoms with van der Waals surface area (Å²) in [5.41, 5.74) is 1.02. The lowest BCUT2D eigenvalue weighted by Crippen LogP contribution is -2.22. The van der Waals surface area contributed by atoms with Crippen LogP contribution in [0.5, 0.6) is 0 Å². The van der Waals surface area contributed by atoms with Crippen LogP contribution in [0.25, 0.3) is 0 Å². The molecule has 1 atom stereocenters. The average molecular weight is 210 g/mol. The topological polar surface area (TPSA) is 25.4 Å². The molecule has 0 aliphatic carbocycles. The summed E-state index contributed by atoms with van der Waals surface area (Å²) in [7, 11) is 1.65. The molecule has 2 rings (SSSR count). The molecule has 0 radical (unpaired) electrons. The molecule has 1 aliphatic rings. The van der Waals surface area contributed by atoms with Gasteiger partial charge in [-0.05, 0) is 12.5 Å². The first-order valence-electron chi connectivity index (χ1n) is 5.13. The molecule has 3 nitrogen and oxygen atoms in total. The summed E-state index contributed by atoms with van der Waals surface area (Å²) in [5, 5.41) is 0. The Morgan fingerprint density at radius 3 is 3.20 bits per heavy atom. The summed E-state index contributed by atoms with van der Waals surface area (Å²) in [4.78, 5) is 6.28. The highest BCUT2D eigenvalue weighted by molar-refractivity contribution is 5.47. The van der Waals surface area contributed by atoms with E-state index in [2.05, 4.69) is 4.98 Å². The smallest absolute Gasteiger partial charge is 0.134 e. The van der Waals surface area contributed by atoms with Crippen molar-refractivity contribution in [2.45, 2.75) is 19.2 Å². The molecule has 4 heteroatoms. The van der Waals surface area contributed by atoms with Gasteiger partial charge in [0.2, 0.25) is 0 Å². The van der Waals surface area contributed by atoms with E-state index in [4.69, 9.17) is 4.74 Å². The van der Waals surface area contributed by atoms with Gasteiger partial charge in [-0.1, -0.05) is 6.07 Å². The lowest BCUT2D eigenvalue weighted by molar-refractivity contribution is 0.185. The Hall–Kier alpha value is -1.16. The number of alkyl halides is 1. The molecule has 0 saturated carbocycles. The highest BCUT2D eigenvalue weighted by Crippen LogP contribution is 2.23. The van der Waals surface area contributed by atoms with Crippen molar-refractivity contribution >= 4 is 5.82 Å². The molecule has 0 bridgehead atoms.